The molecular formula is C11H13NO4S. The van der Waals surface area contributed by atoms with Gasteiger partial charge in [0.25, 0.3) is 10.1 Å². The van der Waals surface area contributed by atoms with E-state index >= 15 is 0 Å². The molecule has 0 unspecified atom stereocenters. The molecule has 0 atom stereocenters. The number of para-hydroxylation sites is 1. The molecule has 0 aliphatic carbocycles. The molecule has 0 fully saturated rings. The van der Waals surface area contributed by atoms with Crippen molar-refractivity contribution >= 4 is 21.1 Å². The molecule has 1 aromatic heterocycles. The lowest BCUT2D eigenvalue weighted by Gasteiger charge is -2.06. The van der Waals surface area contributed by atoms with E-state index in [1.807, 2.05) is 0 Å². The predicted molar refractivity (Wildman–Crippen MR) is 62.9 cm³/mol. The number of hydrogen-bond acceptors (Lipinski definition) is 5. The Morgan fingerprint density at radius 3 is 2.76 bits per heavy atom. The molecule has 17 heavy (non-hydrogen) atoms. The van der Waals surface area contributed by atoms with Crippen LogP contribution in [-0.2, 0) is 20.1 Å². The van der Waals surface area contributed by atoms with Crippen LogP contribution in [0.5, 0.6) is 0 Å². The van der Waals surface area contributed by atoms with Gasteiger partial charge in [-0.1, -0.05) is 17.3 Å². The largest absolute Gasteiger partial charge is 0.356 e. The molecule has 92 valence electrons. The Kier molecular flexibility index (Phi) is 3.17. The molecule has 0 N–H and O–H groups in total. The molecule has 0 aliphatic rings. The van der Waals surface area contributed by atoms with Crippen molar-refractivity contribution in [3.63, 3.8) is 0 Å². The number of aromatic nitrogens is 1. The predicted octanol–water partition coefficient (Wildman–Crippen LogP) is 2.08. The lowest BCUT2D eigenvalue weighted by atomic mass is 10.2. The summed E-state index contributed by atoms with van der Waals surface area (Å²) < 4.78 is 33.2. The van der Waals surface area contributed by atoms with Gasteiger partial charge >= 0.3 is 0 Å². The van der Waals surface area contributed by atoms with Crippen molar-refractivity contribution in [3.05, 3.63) is 30.0 Å². The highest BCUT2D eigenvalue weighted by atomic mass is 32.2. The van der Waals surface area contributed by atoms with Crippen LogP contribution in [0.15, 0.2) is 28.8 Å². The first kappa shape index (κ1) is 12.1. The van der Waals surface area contributed by atoms with Crippen molar-refractivity contribution in [2.45, 2.75) is 25.7 Å². The van der Waals surface area contributed by atoms with Gasteiger partial charge in [-0.3, -0.25) is 4.18 Å². The Bertz CT molecular complexity index is 615. The van der Waals surface area contributed by atoms with E-state index in [0.717, 1.165) is 0 Å². The van der Waals surface area contributed by atoms with Crippen molar-refractivity contribution < 1.29 is 17.1 Å². The van der Waals surface area contributed by atoms with E-state index in [1.54, 1.807) is 38.1 Å². The molecule has 2 rings (SSSR count). The Morgan fingerprint density at radius 2 is 2.06 bits per heavy atom. The van der Waals surface area contributed by atoms with E-state index in [-0.39, 0.29) is 11.9 Å². The third-order valence-electron chi connectivity index (χ3n) is 2.10. The van der Waals surface area contributed by atoms with Crippen molar-refractivity contribution in [1.82, 2.24) is 5.16 Å². The summed E-state index contributed by atoms with van der Waals surface area (Å²) in [6.45, 7) is 3.33. The number of fused-ring (bicyclic) bond motifs is 1. The zero-order valence-electron chi connectivity index (χ0n) is 9.58. The average Bonchev–Trinajstić information content (AvgIpc) is 2.59. The minimum atomic E-state index is -3.62. The number of rotatable bonds is 4. The zero-order valence-corrected chi connectivity index (χ0v) is 10.4. The van der Waals surface area contributed by atoms with Gasteiger partial charge in [-0.25, -0.2) is 0 Å². The lowest BCUT2D eigenvalue weighted by Crippen LogP contribution is -2.14. The van der Waals surface area contributed by atoms with Crippen LogP contribution in [-0.4, -0.2) is 19.7 Å². The van der Waals surface area contributed by atoms with Gasteiger partial charge in [0.15, 0.2) is 5.58 Å². The van der Waals surface area contributed by atoms with Crippen LogP contribution in [0, 0.1) is 0 Å². The topological polar surface area (TPSA) is 69.4 Å². The van der Waals surface area contributed by atoms with Gasteiger partial charge in [-0.2, -0.15) is 8.42 Å². The second kappa shape index (κ2) is 4.46. The Hall–Kier alpha value is -1.40. The fourth-order valence-electron chi connectivity index (χ4n) is 1.54. The minimum absolute atomic E-state index is 0.276. The first-order valence-corrected chi connectivity index (χ1v) is 6.80. The Labute approximate surface area is 99.5 Å². The normalized spacial score (nSPS) is 12.4. The zero-order chi connectivity index (χ0) is 12.5. The molecule has 0 saturated heterocycles. The van der Waals surface area contributed by atoms with Crippen molar-refractivity contribution in [2.75, 3.05) is 0 Å². The highest BCUT2D eigenvalue weighted by Crippen LogP contribution is 2.20. The van der Waals surface area contributed by atoms with Crippen LogP contribution in [0.1, 0.15) is 19.5 Å². The average molecular weight is 255 g/mol. The number of benzene rings is 1. The summed E-state index contributed by atoms with van der Waals surface area (Å²) in [4.78, 5) is 0. The van der Waals surface area contributed by atoms with Gasteiger partial charge in [-0.05, 0) is 26.0 Å². The molecule has 1 aromatic carbocycles. The number of hydrogen-bond donors (Lipinski definition) is 0. The quantitative estimate of drug-likeness (QED) is 0.782. The fourth-order valence-corrected chi connectivity index (χ4v) is 2.73. The second-order valence-corrected chi connectivity index (χ2v) is 5.57. The Balaban J connectivity index is 2.30. The minimum Gasteiger partial charge on any atom is -0.356 e. The van der Waals surface area contributed by atoms with Gasteiger partial charge in [0.2, 0.25) is 0 Å². The van der Waals surface area contributed by atoms with Crippen molar-refractivity contribution in [3.8, 4) is 0 Å². The maximum Gasteiger partial charge on any atom is 0.273 e. The van der Waals surface area contributed by atoms with Crippen LogP contribution < -0.4 is 0 Å². The summed E-state index contributed by atoms with van der Waals surface area (Å²) >= 11 is 0. The van der Waals surface area contributed by atoms with Crippen LogP contribution in [0.25, 0.3) is 11.0 Å². The molecular weight excluding hydrogens is 242 g/mol. The molecule has 0 radical (unpaired) electrons. The van der Waals surface area contributed by atoms with E-state index < -0.39 is 10.1 Å². The molecule has 0 amide bonds. The monoisotopic (exact) mass is 255 g/mol. The molecule has 5 nitrogen and oxygen atoms in total. The maximum absolute atomic E-state index is 11.6. The summed E-state index contributed by atoms with van der Waals surface area (Å²) in [6, 6.07) is 7.11. The van der Waals surface area contributed by atoms with Crippen molar-refractivity contribution in [1.29, 1.82) is 0 Å². The molecule has 0 aliphatic heterocycles. The lowest BCUT2D eigenvalue weighted by molar-refractivity contribution is 0.248. The highest BCUT2D eigenvalue weighted by Gasteiger charge is 2.19. The fraction of sp³-hybridized carbons (Fsp3) is 0.364. The summed E-state index contributed by atoms with van der Waals surface area (Å²) in [5.74, 6) is -0.276. The smallest absolute Gasteiger partial charge is 0.273 e. The molecule has 0 bridgehead atoms. The summed E-state index contributed by atoms with van der Waals surface area (Å²) in [7, 11) is -3.62. The van der Waals surface area contributed by atoms with Gasteiger partial charge in [0.05, 0.1) is 6.10 Å². The summed E-state index contributed by atoms with van der Waals surface area (Å²) in [5, 5.41) is 4.45. The first-order chi connectivity index (χ1) is 7.98. The standard InChI is InChI=1S/C11H13NO4S/c1-8(2)16-17(13,14)7-10-9-5-3-4-6-11(9)15-12-10/h3-6,8H,7H2,1-2H3. The van der Waals surface area contributed by atoms with Gasteiger partial charge in [-0.15, -0.1) is 0 Å². The molecule has 2 aromatic rings. The SMILES string of the molecule is CC(C)OS(=O)(=O)Cc1noc2ccccc12. The van der Waals surface area contributed by atoms with Crippen molar-refractivity contribution in [2.24, 2.45) is 0 Å². The van der Waals surface area contributed by atoms with Crippen LogP contribution in [0.3, 0.4) is 0 Å². The molecule has 0 spiro atoms. The second-order valence-electron chi connectivity index (χ2n) is 3.97. The summed E-state index contributed by atoms with van der Waals surface area (Å²) in [5.41, 5.74) is 0.948. The van der Waals surface area contributed by atoms with E-state index in [9.17, 15) is 8.42 Å². The number of nitrogens with zero attached hydrogens (tertiary/aromatic N) is 1. The van der Waals surface area contributed by atoms with E-state index in [2.05, 4.69) is 5.16 Å². The third-order valence-corrected chi connectivity index (χ3v) is 3.41. The first-order valence-electron chi connectivity index (χ1n) is 5.22. The maximum atomic E-state index is 11.6. The van der Waals surface area contributed by atoms with Gasteiger partial charge in [0.1, 0.15) is 11.4 Å². The van der Waals surface area contributed by atoms with Crippen LogP contribution in [0.2, 0.25) is 0 Å². The molecule has 6 heteroatoms. The van der Waals surface area contributed by atoms with E-state index in [0.29, 0.717) is 16.7 Å². The molecule has 1 heterocycles. The highest BCUT2D eigenvalue weighted by molar-refractivity contribution is 7.85. The van der Waals surface area contributed by atoms with E-state index in [4.69, 9.17) is 8.71 Å². The third kappa shape index (κ3) is 2.83. The Morgan fingerprint density at radius 1 is 1.35 bits per heavy atom. The molecule has 0 saturated carbocycles. The van der Waals surface area contributed by atoms with E-state index in [1.165, 1.54) is 0 Å². The van der Waals surface area contributed by atoms with Gasteiger partial charge < -0.3 is 4.52 Å². The van der Waals surface area contributed by atoms with Crippen LogP contribution >= 0.6 is 0 Å². The summed E-state index contributed by atoms with van der Waals surface area (Å²) in [6.07, 6.45) is -0.377. The van der Waals surface area contributed by atoms with Crippen LogP contribution in [0.4, 0.5) is 0 Å². The van der Waals surface area contributed by atoms with Gasteiger partial charge in [0, 0.05) is 5.39 Å².